The first kappa shape index (κ1) is 18.7. The van der Waals surface area contributed by atoms with Gasteiger partial charge in [-0.05, 0) is 37.5 Å². The van der Waals surface area contributed by atoms with Gasteiger partial charge < -0.3 is 4.90 Å². The average molecular weight is 394 g/mol. The van der Waals surface area contributed by atoms with Gasteiger partial charge in [0.15, 0.2) is 5.16 Å². The van der Waals surface area contributed by atoms with E-state index in [2.05, 4.69) is 0 Å². The van der Waals surface area contributed by atoms with E-state index in [0.29, 0.717) is 22.6 Å². The van der Waals surface area contributed by atoms with Gasteiger partial charge in [-0.3, -0.25) is 14.2 Å². The van der Waals surface area contributed by atoms with Crippen molar-refractivity contribution < 1.29 is 4.79 Å². The van der Waals surface area contributed by atoms with Crippen molar-refractivity contribution in [2.75, 3.05) is 13.1 Å². The molecule has 4 rings (SSSR count). The second kappa shape index (κ2) is 8.19. The summed E-state index contributed by atoms with van der Waals surface area (Å²) < 4.78 is 1.69. The summed E-state index contributed by atoms with van der Waals surface area (Å²) in [5, 5.41) is 0.905. The normalized spacial score (nSPS) is 15.1. The van der Waals surface area contributed by atoms with Gasteiger partial charge in [0.05, 0.1) is 22.7 Å². The zero-order valence-corrected chi connectivity index (χ0v) is 16.7. The minimum atomic E-state index is -0.284. The van der Waals surface area contributed by atoms with Crippen LogP contribution in [0.15, 0.2) is 64.5 Å². The quantitative estimate of drug-likeness (QED) is 0.491. The fourth-order valence-corrected chi connectivity index (χ4v) is 4.54. The molecule has 0 saturated carbocycles. The SMILES string of the molecule is C[C@@H](Sc1nc2ccccc2c(=O)n1Cc1ccccc1)C(=O)N1CCCC1. The number of rotatable bonds is 5. The lowest BCUT2D eigenvalue weighted by atomic mass is 10.2. The van der Waals surface area contributed by atoms with E-state index in [1.807, 2.05) is 60.4 Å². The Labute approximate surface area is 168 Å². The van der Waals surface area contributed by atoms with Crippen molar-refractivity contribution in [1.82, 2.24) is 14.5 Å². The molecule has 3 aromatic rings. The van der Waals surface area contributed by atoms with Crippen molar-refractivity contribution in [2.24, 2.45) is 0 Å². The third-order valence-electron chi connectivity index (χ3n) is 5.06. The number of hydrogen-bond donors (Lipinski definition) is 0. The summed E-state index contributed by atoms with van der Waals surface area (Å²) in [7, 11) is 0. The molecule has 0 radical (unpaired) electrons. The molecule has 6 heteroatoms. The van der Waals surface area contributed by atoms with Crippen LogP contribution in [0.4, 0.5) is 0 Å². The zero-order valence-electron chi connectivity index (χ0n) is 15.9. The minimum Gasteiger partial charge on any atom is -0.342 e. The number of hydrogen-bond acceptors (Lipinski definition) is 4. The number of amides is 1. The Hall–Kier alpha value is -2.60. The highest BCUT2D eigenvalue weighted by molar-refractivity contribution is 8.00. The van der Waals surface area contributed by atoms with Crippen LogP contribution < -0.4 is 5.56 Å². The lowest BCUT2D eigenvalue weighted by molar-refractivity contribution is -0.129. The Balaban J connectivity index is 1.71. The minimum absolute atomic E-state index is 0.0715. The van der Waals surface area contributed by atoms with Gasteiger partial charge in [-0.15, -0.1) is 0 Å². The number of thioether (sulfide) groups is 1. The van der Waals surface area contributed by atoms with Crippen LogP contribution in [0.2, 0.25) is 0 Å². The number of likely N-dealkylation sites (tertiary alicyclic amines) is 1. The molecule has 2 heterocycles. The fraction of sp³-hybridized carbons (Fsp3) is 0.318. The van der Waals surface area contributed by atoms with Crippen LogP contribution >= 0.6 is 11.8 Å². The fourth-order valence-electron chi connectivity index (χ4n) is 3.55. The van der Waals surface area contributed by atoms with Gasteiger partial charge >= 0.3 is 0 Å². The van der Waals surface area contributed by atoms with E-state index in [1.165, 1.54) is 11.8 Å². The van der Waals surface area contributed by atoms with E-state index in [4.69, 9.17) is 4.98 Å². The first-order valence-corrected chi connectivity index (χ1v) is 10.5. The Kier molecular flexibility index (Phi) is 5.48. The number of aromatic nitrogens is 2. The van der Waals surface area contributed by atoms with Crippen LogP contribution in [0, 0.1) is 0 Å². The summed E-state index contributed by atoms with van der Waals surface area (Å²) in [4.78, 5) is 32.6. The van der Waals surface area contributed by atoms with Crippen LogP contribution in [0.3, 0.4) is 0 Å². The lowest BCUT2D eigenvalue weighted by Gasteiger charge is -2.21. The predicted octanol–water partition coefficient (Wildman–Crippen LogP) is 3.55. The molecule has 1 aromatic heterocycles. The molecule has 28 heavy (non-hydrogen) atoms. The van der Waals surface area contributed by atoms with E-state index in [0.717, 1.165) is 31.5 Å². The van der Waals surface area contributed by atoms with Crippen molar-refractivity contribution in [3.8, 4) is 0 Å². The first-order valence-electron chi connectivity index (χ1n) is 9.62. The lowest BCUT2D eigenvalue weighted by Crippen LogP contribution is -2.34. The number of para-hydroxylation sites is 1. The van der Waals surface area contributed by atoms with E-state index in [-0.39, 0.29) is 16.7 Å². The van der Waals surface area contributed by atoms with Gasteiger partial charge in [-0.1, -0.05) is 54.2 Å². The van der Waals surface area contributed by atoms with Crippen molar-refractivity contribution in [2.45, 2.75) is 36.7 Å². The van der Waals surface area contributed by atoms with Crippen molar-refractivity contribution in [1.29, 1.82) is 0 Å². The predicted molar refractivity (Wildman–Crippen MR) is 113 cm³/mol. The van der Waals surface area contributed by atoms with Crippen LogP contribution in [-0.2, 0) is 11.3 Å². The van der Waals surface area contributed by atoms with Gasteiger partial charge in [-0.2, -0.15) is 0 Å². The van der Waals surface area contributed by atoms with E-state index in [1.54, 1.807) is 10.6 Å². The Morgan fingerprint density at radius 3 is 2.50 bits per heavy atom. The largest absolute Gasteiger partial charge is 0.342 e. The molecule has 1 atom stereocenters. The molecule has 0 bridgehead atoms. The topological polar surface area (TPSA) is 55.2 Å². The van der Waals surface area contributed by atoms with Crippen molar-refractivity contribution >= 4 is 28.6 Å². The number of carbonyl (C=O) groups excluding carboxylic acids is 1. The molecule has 0 aliphatic carbocycles. The molecule has 1 fully saturated rings. The summed E-state index contributed by atoms with van der Waals surface area (Å²) in [6.07, 6.45) is 2.13. The molecule has 0 spiro atoms. The molecular weight excluding hydrogens is 370 g/mol. The molecule has 144 valence electrons. The summed E-state index contributed by atoms with van der Waals surface area (Å²) in [6.45, 7) is 3.99. The molecule has 0 N–H and O–H groups in total. The van der Waals surface area contributed by atoms with Gasteiger partial charge in [0.25, 0.3) is 5.56 Å². The monoisotopic (exact) mass is 393 g/mol. The summed E-state index contributed by atoms with van der Waals surface area (Å²) >= 11 is 1.37. The van der Waals surface area contributed by atoms with Crippen molar-refractivity contribution in [3.05, 3.63) is 70.5 Å². The molecule has 2 aromatic carbocycles. The summed E-state index contributed by atoms with van der Waals surface area (Å²) in [5.41, 5.74) is 1.62. The second-order valence-corrected chi connectivity index (χ2v) is 8.39. The highest BCUT2D eigenvalue weighted by Gasteiger charge is 2.25. The van der Waals surface area contributed by atoms with Crippen LogP contribution in [0.5, 0.6) is 0 Å². The van der Waals surface area contributed by atoms with Crippen LogP contribution in [0.1, 0.15) is 25.3 Å². The highest BCUT2D eigenvalue weighted by Crippen LogP contribution is 2.25. The molecule has 5 nitrogen and oxygen atoms in total. The number of fused-ring (bicyclic) bond motifs is 1. The van der Waals surface area contributed by atoms with Crippen molar-refractivity contribution in [3.63, 3.8) is 0 Å². The first-order chi connectivity index (χ1) is 13.6. The maximum absolute atomic E-state index is 13.2. The maximum Gasteiger partial charge on any atom is 0.262 e. The maximum atomic E-state index is 13.2. The van der Waals surface area contributed by atoms with Gasteiger partial charge in [0, 0.05) is 13.1 Å². The molecule has 1 aliphatic rings. The molecule has 1 aliphatic heterocycles. The Bertz CT molecular complexity index is 1040. The van der Waals surface area contributed by atoms with Crippen LogP contribution in [-0.4, -0.2) is 38.7 Å². The molecule has 1 amide bonds. The smallest absolute Gasteiger partial charge is 0.262 e. The summed E-state index contributed by atoms with van der Waals surface area (Å²) in [5.74, 6) is 0.121. The van der Waals surface area contributed by atoms with Gasteiger partial charge in [0.1, 0.15) is 0 Å². The molecule has 1 saturated heterocycles. The third-order valence-corrected chi connectivity index (χ3v) is 6.14. The number of nitrogens with zero attached hydrogens (tertiary/aromatic N) is 3. The summed E-state index contributed by atoms with van der Waals surface area (Å²) in [6, 6.07) is 17.2. The van der Waals surface area contributed by atoms with E-state index in [9.17, 15) is 9.59 Å². The Morgan fingerprint density at radius 1 is 1.07 bits per heavy atom. The van der Waals surface area contributed by atoms with Gasteiger partial charge in [0.2, 0.25) is 5.91 Å². The standard InChI is InChI=1S/C22H23N3O2S/c1-16(20(26)24-13-7-8-14-24)28-22-23-19-12-6-5-11-18(19)21(27)25(22)15-17-9-3-2-4-10-17/h2-6,9-12,16H,7-8,13-15H2,1H3/t16-/m1/s1. The van der Waals surface area contributed by atoms with E-state index >= 15 is 0 Å². The zero-order chi connectivity index (χ0) is 19.5. The number of carbonyl (C=O) groups is 1. The van der Waals surface area contributed by atoms with Gasteiger partial charge in [-0.25, -0.2) is 4.98 Å². The Morgan fingerprint density at radius 2 is 1.75 bits per heavy atom. The second-order valence-electron chi connectivity index (χ2n) is 7.08. The third kappa shape index (κ3) is 3.83. The van der Waals surface area contributed by atoms with Crippen LogP contribution in [0.25, 0.3) is 10.9 Å². The highest BCUT2D eigenvalue weighted by atomic mass is 32.2. The molecule has 0 unspecified atom stereocenters. The average Bonchev–Trinajstić information content (AvgIpc) is 3.26. The molecular formula is C22H23N3O2S. The number of benzene rings is 2. The van der Waals surface area contributed by atoms with E-state index < -0.39 is 0 Å².